The van der Waals surface area contributed by atoms with Gasteiger partial charge in [0.15, 0.2) is 11.5 Å². The lowest BCUT2D eigenvalue weighted by Crippen LogP contribution is -2.31. The summed E-state index contributed by atoms with van der Waals surface area (Å²) in [5, 5.41) is 2.81. The van der Waals surface area contributed by atoms with Crippen LogP contribution >= 0.6 is 0 Å². The Balaban J connectivity index is 2.51. The minimum Gasteiger partial charge on any atom is -0.493 e. The highest BCUT2D eigenvalue weighted by molar-refractivity contribution is 5.76. The number of nitrogens with one attached hydrogen (secondary N) is 1. The molecule has 0 atom stereocenters. The number of hydrogen-bond donors (Lipinski definition) is 2. The maximum absolute atomic E-state index is 11.5. The first kappa shape index (κ1) is 15.3. The number of ether oxygens (including phenoxy) is 2. The summed E-state index contributed by atoms with van der Waals surface area (Å²) < 4.78 is 10.8. The molecule has 0 aliphatic carbocycles. The lowest BCUT2D eigenvalue weighted by molar-refractivity contribution is -0.122. The van der Waals surface area contributed by atoms with E-state index in [1.54, 1.807) is 13.2 Å². The number of amides is 1. The van der Waals surface area contributed by atoms with E-state index in [0.29, 0.717) is 31.1 Å². The van der Waals surface area contributed by atoms with Crippen LogP contribution < -0.4 is 20.5 Å². The number of benzene rings is 1. The monoisotopic (exact) mass is 266 g/mol. The minimum absolute atomic E-state index is 0.0208. The minimum atomic E-state index is -0.0208. The first-order valence-corrected chi connectivity index (χ1v) is 6.36. The average molecular weight is 266 g/mol. The number of carbonyl (C=O) groups excluding carboxylic acids is 1. The van der Waals surface area contributed by atoms with Crippen molar-refractivity contribution in [2.75, 3.05) is 13.7 Å². The average Bonchev–Trinajstić information content (AvgIpc) is 2.38. The largest absolute Gasteiger partial charge is 0.493 e. The third kappa shape index (κ3) is 5.18. The van der Waals surface area contributed by atoms with Crippen molar-refractivity contribution < 1.29 is 14.3 Å². The third-order valence-corrected chi connectivity index (χ3v) is 2.50. The van der Waals surface area contributed by atoms with Crippen LogP contribution in [0.1, 0.15) is 25.8 Å². The smallest absolute Gasteiger partial charge is 0.223 e. The molecule has 1 aromatic rings. The molecule has 0 bridgehead atoms. The van der Waals surface area contributed by atoms with E-state index in [4.69, 9.17) is 15.2 Å². The Bertz CT molecular complexity index is 419. The van der Waals surface area contributed by atoms with E-state index < -0.39 is 0 Å². The van der Waals surface area contributed by atoms with Gasteiger partial charge in [0, 0.05) is 12.6 Å². The number of rotatable bonds is 7. The molecule has 0 unspecified atom stereocenters. The molecule has 1 amide bonds. The summed E-state index contributed by atoms with van der Waals surface area (Å²) in [5.41, 5.74) is 6.53. The molecule has 0 saturated heterocycles. The van der Waals surface area contributed by atoms with Crippen molar-refractivity contribution in [3.8, 4) is 11.5 Å². The molecule has 0 aliphatic rings. The molecule has 5 heteroatoms. The van der Waals surface area contributed by atoms with Gasteiger partial charge < -0.3 is 20.5 Å². The molecule has 106 valence electrons. The number of methoxy groups -OCH3 is 1. The van der Waals surface area contributed by atoms with Crippen LogP contribution in [0.2, 0.25) is 0 Å². The predicted molar refractivity (Wildman–Crippen MR) is 74.3 cm³/mol. The molecule has 1 rings (SSSR count). The maximum Gasteiger partial charge on any atom is 0.223 e. The van der Waals surface area contributed by atoms with Crippen molar-refractivity contribution in [2.45, 2.75) is 32.9 Å². The summed E-state index contributed by atoms with van der Waals surface area (Å²) in [7, 11) is 1.58. The highest BCUT2D eigenvalue weighted by atomic mass is 16.5. The fraction of sp³-hybridized carbons (Fsp3) is 0.500. The molecule has 0 aliphatic heterocycles. The van der Waals surface area contributed by atoms with Crippen LogP contribution in [0.5, 0.6) is 11.5 Å². The molecule has 1 aromatic carbocycles. The Labute approximate surface area is 114 Å². The molecule has 0 radical (unpaired) electrons. The number of nitrogens with two attached hydrogens (primary N) is 1. The highest BCUT2D eigenvalue weighted by Gasteiger charge is 2.07. The van der Waals surface area contributed by atoms with Gasteiger partial charge in [0.05, 0.1) is 20.1 Å². The van der Waals surface area contributed by atoms with Crippen LogP contribution in [0, 0.1) is 0 Å². The van der Waals surface area contributed by atoms with Crippen molar-refractivity contribution >= 4 is 5.91 Å². The van der Waals surface area contributed by atoms with Gasteiger partial charge in [-0.3, -0.25) is 4.79 Å². The second kappa shape index (κ2) is 7.63. The van der Waals surface area contributed by atoms with Crippen LogP contribution in [-0.2, 0) is 11.3 Å². The molecule has 0 aromatic heterocycles. The summed E-state index contributed by atoms with van der Waals surface area (Å²) in [6, 6.07) is 5.67. The summed E-state index contributed by atoms with van der Waals surface area (Å²) in [6.45, 7) is 4.62. The predicted octanol–water partition coefficient (Wildman–Crippen LogP) is 1.45. The second-order valence-corrected chi connectivity index (χ2v) is 4.51. The Morgan fingerprint density at radius 3 is 2.68 bits per heavy atom. The first-order chi connectivity index (χ1) is 9.06. The van der Waals surface area contributed by atoms with E-state index in [9.17, 15) is 4.79 Å². The topological polar surface area (TPSA) is 73.6 Å². The van der Waals surface area contributed by atoms with E-state index in [-0.39, 0.29) is 11.9 Å². The number of hydrogen-bond acceptors (Lipinski definition) is 4. The standard InChI is InChI=1S/C14H22N2O3/c1-10(2)16-14(17)6-7-19-12-5-4-11(9-15)8-13(12)18-3/h4-5,8,10H,6-7,9,15H2,1-3H3,(H,16,17). The van der Waals surface area contributed by atoms with Gasteiger partial charge in [-0.15, -0.1) is 0 Å². The fourth-order valence-electron chi connectivity index (χ4n) is 1.61. The summed E-state index contributed by atoms with van der Waals surface area (Å²) in [6.07, 6.45) is 0.319. The SMILES string of the molecule is COc1cc(CN)ccc1OCCC(=O)NC(C)C. The van der Waals surface area contributed by atoms with Crippen LogP contribution in [0.3, 0.4) is 0 Å². The van der Waals surface area contributed by atoms with Crippen LogP contribution in [-0.4, -0.2) is 25.7 Å². The molecule has 0 spiro atoms. The lowest BCUT2D eigenvalue weighted by Gasteiger charge is -2.12. The molecule has 0 heterocycles. The van der Waals surface area contributed by atoms with Gasteiger partial charge in [0.1, 0.15) is 0 Å². The zero-order valence-electron chi connectivity index (χ0n) is 11.7. The van der Waals surface area contributed by atoms with Crippen molar-refractivity contribution in [3.05, 3.63) is 23.8 Å². The third-order valence-electron chi connectivity index (χ3n) is 2.50. The molecular weight excluding hydrogens is 244 g/mol. The quantitative estimate of drug-likeness (QED) is 0.783. The summed E-state index contributed by atoms with van der Waals surface area (Å²) >= 11 is 0. The summed E-state index contributed by atoms with van der Waals surface area (Å²) in [4.78, 5) is 11.5. The number of carbonyl (C=O) groups is 1. The molecule has 5 nitrogen and oxygen atoms in total. The van der Waals surface area contributed by atoms with E-state index in [1.165, 1.54) is 0 Å². The summed E-state index contributed by atoms with van der Waals surface area (Å²) in [5.74, 6) is 1.23. The molecule has 0 saturated carbocycles. The van der Waals surface area contributed by atoms with E-state index in [1.807, 2.05) is 26.0 Å². The van der Waals surface area contributed by atoms with Gasteiger partial charge in [0.2, 0.25) is 5.91 Å². The van der Waals surface area contributed by atoms with Gasteiger partial charge in [0.25, 0.3) is 0 Å². The normalized spacial score (nSPS) is 10.4. The Morgan fingerprint density at radius 1 is 1.37 bits per heavy atom. The second-order valence-electron chi connectivity index (χ2n) is 4.51. The zero-order valence-corrected chi connectivity index (χ0v) is 11.7. The maximum atomic E-state index is 11.5. The van der Waals surface area contributed by atoms with E-state index in [0.717, 1.165) is 5.56 Å². The van der Waals surface area contributed by atoms with Gasteiger partial charge in [-0.05, 0) is 31.5 Å². The Hall–Kier alpha value is -1.75. The van der Waals surface area contributed by atoms with Crippen molar-refractivity contribution in [1.82, 2.24) is 5.32 Å². The molecular formula is C14H22N2O3. The van der Waals surface area contributed by atoms with Gasteiger partial charge in [-0.25, -0.2) is 0 Å². The van der Waals surface area contributed by atoms with Gasteiger partial charge >= 0.3 is 0 Å². The van der Waals surface area contributed by atoms with Crippen LogP contribution in [0.25, 0.3) is 0 Å². The van der Waals surface area contributed by atoms with Crippen LogP contribution in [0.4, 0.5) is 0 Å². The fourth-order valence-corrected chi connectivity index (χ4v) is 1.61. The molecule has 0 fully saturated rings. The van der Waals surface area contributed by atoms with E-state index >= 15 is 0 Å². The molecule has 19 heavy (non-hydrogen) atoms. The van der Waals surface area contributed by atoms with Gasteiger partial charge in [-0.2, -0.15) is 0 Å². The Morgan fingerprint density at radius 2 is 2.11 bits per heavy atom. The first-order valence-electron chi connectivity index (χ1n) is 6.36. The van der Waals surface area contributed by atoms with Gasteiger partial charge in [-0.1, -0.05) is 6.07 Å². The van der Waals surface area contributed by atoms with Crippen molar-refractivity contribution in [3.63, 3.8) is 0 Å². The highest BCUT2D eigenvalue weighted by Crippen LogP contribution is 2.27. The zero-order chi connectivity index (χ0) is 14.3. The Kier molecular flexibility index (Phi) is 6.15. The van der Waals surface area contributed by atoms with Crippen molar-refractivity contribution in [2.24, 2.45) is 5.73 Å². The molecule has 3 N–H and O–H groups in total. The van der Waals surface area contributed by atoms with E-state index in [2.05, 4.69) is 5.32 Å². The van der Waals surface area contributed by atoms with Crippen molar-refractivity contribution in [1.29, 1.82) is 0 Å². The van der Waals surface area contributed by atoms with Crippen LogP contribution in [0.15, 0.2) is 18.2 Å². The lowest BCUT2D eigenvalue weighted by atomic mass is 10.2.